The van der Waals surface area contributed by atoms with E-state index in [1.165, 1.54) is 5.56 Å². The van der Waals surface area contributed by atoms with Crippen molar-refractivity contribution in [2.75, 3.05) is 14.2 Å². The van der Waals surface area contributed by atoms with E-state index in [0.717, 1.165) is 48.8 Å². The predicted octanol–water partition coefficient (Wildman–Crippen LogP) is 5.86. The maximum atomic E-state index is 12.9. The van der Waals surface area contributed by atoms with E-state index >= 15 is 0 Å². The average Bonchev–Trinajstić information content (AvgIpc) is 2.84. The second kappa shape index (κ2) is 12.0. The molecule has 0 bridgehead atoms. The highest BCUT2D eigenvalue weighted by Crippen LogP contribution is 2.34. The summed E-state index contributed by atoms with van der Waals surface area (Å²) in [5.74, 6) is 1.37. The molecule has 33 heavy (non-hydrogen) atoms. The molecule has 1 atom stereocenters. The van der Waals surface area contributed by atoms with Crippen LogP contribution in [0.2, 0.25) is 0 Å². The molecular formula is C28H34N2O3. The van der Waals surface area contributed by atoms with E-state index in [1.807, 2.05) is 48.7 Å². The molecule has 0 saturated heterocycles. The number of carbonyl (C=O) groups is 1. The number of amides is 1. The molecule has 3 aromatic rings. The number of pyridine rings is 1. The van der Waals surface area contributed by atoms with Gasteiger partial charge in [0.05, 0.1) is 14.2 Å². The first kappa shape index (κ1) is 24.3. The van der Waals surface area contributed by atoms with E-state index in [9.17, 15) is 4.79 Å². The molecule has 1 N–H and O–H groups in total. The van der Waals surface area contributed by atoms with Gasteiger partial charge in [0.15, 0.2) is 11.5 Å². The lowest BCUT2D eigenvalue weighted by Crippen LogP contribution is -2.32. The summed E-state index contributed by atoms with van der Waals surface area (Å²) in [5.41, 5.74) is 5.24. The maximum absolute atomic E-state index is 12.9. The van der Waals surface area contributed by atoms with Crippen molar-refractivity contribution in [3.05, 3.63) is 77.6 Å². The van der Waals surface area contributed by atoms with Gasteiger partial charge in [-0.2, -0.15) is 0 Å². The Balaban J connectivity index is 1.69. The Morgan fingerprint density at radius 1 is 1.03 bits per heavy atom. The molecule has 3 rings (SSSR count). The van der Waals surface area contributed by atoms with Crippen molar-refractivity contribution >= 4 is 5.91 Å². The Bertz CT molecular complexity index is 1050. The van der Waals surface area contributed by atoms with Gasteiger partial charge in [-0.1, -0.05) is 31.5 Å². The largest absolute Gasteiger partial charge is 0.493 e. The second-order valence-corrected chi connectivity index (χ2v) is 8.32. The lowest BCUT2D eigenvalue weighted by atomic mass is 9.94. The highest BCUT2D eigenvalue weighted by Gasteiger charge is 2.14. The van der Waals surface area contributed by atoms with Crippen LogP contribution in [0.5, 0.6) is 11.5 Å². The third-order valence-electron chi connectivity index (χ3n) is 5.78. The molecule has 0 aliphatic heterocycles. The number of aromatic nitrogens is 1. The number of benzene rings is 2. The average molecular weight is 447 g/mol. The maximum Gasteiger partial charge on any atom is 0.251 e. The molecule has 1 unspecified atom stereocenters. The summed E-state index contributed by atoms with van der Waals surface area (Å²) in [4.78, 5) is 17.1. The minimum Gasteiger partial charge on any atom is -0.493 e. The Hall–Kier alpha value is -3.34. The number of ether oxygens (including phenoxy) is 2. The Kier molecular flexibility index (Phi) is 8.87. The summed E-state index contributed by atoms with van der Waals surface area (Å²) >= 11 is 0. The summed E-state index contributed by atoms with van der Waals surface area (Å²) in [5, 5.41) is 3.15. The summed E-state index contributed by atoms with van der Waals surface area (Å²) in [6.45, 7) is 4.21. The van der Waals surface area contributed by atoms with Crippen LogP contribution in [-0.4, -0.2) is 31.2 Å². The van der Waals surface area contributed by atoms with Crippen LogP contribution in [0.25, 0.3) is 11.1 Å². The fourth-order valence-electron chi connectivity index (χ4n) is 4.03. The molecule has 2 aromatic carbocycles. The summed E-state index contributed by atoms with van der Waals surface area (Å²) in [6, 6.07) is 16.0. The van der Waals surface area contributed by atoms with Crippen molar-refractivity contribution in [2.45, 2.75) is 52.0 Å². The number of nitrogens with zero attached hydrogens (tertiary/aromatic N) is 1. The smallest absolute Gasteiger partial charge is 0.251 e. The molecule has 1 heterocycles. The Labute approximate surface area is 197 Å². The van der Waals surface area contributed by atoms with Gasteiger partial charge in [0.2, 0.25) is 0 Å². The van der Waals surface area contributed by atoms with Crippen molar-refractivity contribution in [2.24, 2.45) is 0 Å². The fourth-order valence-corrected chi connectivity index (χ4v) is 4.03. The molecule has 0 aliphatic rings. The number of methoxy groups -OCH3 is 2. The SMILES string of the molecule is CCCc1cc(C(=O)NC(C)CCCc2cccnc2)ccc1-c1ccc(OC)c(OC)c1. The highest BCUT2D eigenvalue weighted by molar-refractivity contribution is 5.95. The first-order valence-electron chi connectivity index (χ1n) is 11.6. The van der Waals surface area contributed by atoms with Gasteiger partial charge >= 0.3 is 0 Å². The van der Waals surface area contributed by atoms with Gasteiger partial charge < -0.3 is 14.8 Å². The summed E-state index contributed by atoms with van der Waals surface area (Å²) < 4.78 is 10.8. The van der Waals surface area contributed by atoms with E-state index in [1.54, 1.807) is 20.4 Å². The normalized spacial score (nSPS) is 11.6. The van der Waals surface area contributed by atoms with Crippen LogP contribution >= 0.6 is 0 Å². The van der Waals surface area contributed by atoms with Crippen LogP contribution in [0.1, 0.15) is 54.6 Å². The summed E-state index contributed by atoms with van der Waals surface area (Å²) in [6.07, 6.45) is 8.48. The van der Waals surface area contributed by atoms with Crippen LogP contribution in [0, 0.1) is 0 Å². The second-order valence-electron chi connectivity index (χ2n) is 8.32. The molecular weight excluding hydrogens is 412 g/mol. The van der Waals surface area contributed by atoms with Gasteiger partial charge in [0.25, 0.3) is 5.91 Å². The molecule has 5 heteroatoms. The molecule has 1 amide bonds. The Morgan fingerprint density at radius 3 is 2.55 bits per heavy atom. The lowest BCUT2D eigenvalue weighted by molar-refractivity contribution is 0.0938. The molecule has 0 radical (unpaired) electrons. The Morgan fingerprint density at radius 2 is 1.85 bits per heavy atom. The number of carbonyl (C=O) groups excluding carboxylic acids is 1. The first-order valence-corrected chi connectivity index (χ1v) is 11.6. The third kappa shape index (κ3) is 6.58. The molecule has 1 aromatic heterocycles. The van der Waals surface area contributed by atoms with Crippen molar-refractivity contribution in [1.29, 1.82) is 0 Å². The van der Waals surface area contributed by atoms with Crippen molar-refractivity contribution in [3.63, 3.8) is 0 Å². The van der Waals surface area contributed by atoms with Crippen molar-refractivity contribution < 1.29 is 14.3 Å². The van der Waals surface area contributed by atoms with E-state index in [-0.39, 0.29) is 11.9 Å². The summed E-state index contributed by atoms with van der Waals surface area (Å²) in [7, 11) is 3.27. The first-order chi connectivity index (χ1) is 16.0. The standard InChI is InChI=1S/C28H34N2O3/c1-5-8-22-17-24(12-14-25(22)23-13-15-26(32-3)27(18-23)33-4)28(31)30-20(2)9-6-10-21-11-7-16-29-19-21/h7,11-20H,5-6,8-10H2,1-4H3,(H,30,31). The van der Waals surface area contributed by atoms with Gasteiger partial charge in [0.1, 0.15) is 0 Å². The molecule has 0 aliphatic carbocycles. The fraction of sp³-hybridized carbons (Fsp3) is 0.357. The van der Waals surface area contributed by atoms with Gasteiger partial charge in [-0.25, -0.2) is 0 Å². The zero-order chi connectivity index (χ0) is 23.6. The van der Waals surface area contributed by atoms with Crippen LogP contribution in [-0.2, 0) is 12.8 Å². The topological polar surface area (TPSA) is 60.5 Å². The van der Waals surface area contributed by atoms with E-state index in [2.05, 4.69) is 30.2 Å². The van der Waals surface area contributed by atoms with E-state index in [4.69, 9.17) is 9.47 Å². The van der Waals surface area contributed by atoms with E-state index in [0.29, 0.717) is 17.1 Å². The molecule has 5 nitrogen and oxygen atoms in total. The highest BCUT2D eigenvalue weighted by atomic mass is 16.5. The molecule has 0 saturated carbocycles. The molecule has 0 fully saturated rings. The van der Waals surface area contributed by atoms with Crippen molar-refractivity contribution in [1.82, 2.24) is 10.3 Å². The van der Waals surface area contributed by atoms with Gasteiger partial charge in [-0.05, 0) is 85.2 Å². The quantitative estimate of drug-likeness (QED) is 0.401. The van der Waals surface area contributed by atoms with Crippen LogP contribution in [0.15, 0.2) is 60.9 Å². The predicted molar refractivity (Wildman–Crippen MR) is 133 cm³/mol. The lowest BCUT2D eigenvalue weighted by Gasteiger charge is -2.16. The van der Waals surface area contributed by atoms with Crippen LogP contribution in [0.3, 0.4) is 0 Å². The number of nitrogens with one attached hydrogen (secondary N) is 1. The van der Waals surface area contributed by atoms with E-state index < -0.39 is 0 Å². The number of hydrogen-bond donors (Lipinski definition) is 1. The van der Waals surface area contributed by atoms with Crippen LogP contribution < -0.4 is 14.8 Å². The number of hydrogen-bond acceptors (Lipinski definition) is 4. The monoisotopic (exact) mass is 446 g/mol. The molecule has 0 spiro atoms. The number of aryl methyl sites for hydroxylation is 2. The van der Waals surface area contributed by atoms with Gasteiger partial charge in [0, 0.05) is 24.0 Å². The van der Waals surface area contributed by atoms with Crippen molar-refractivity contribution in [3.8, 4) is 22.6 Å². The third-order valence-corrected chi connectivity index (χ3v) is 5.78. The zero-order valence-corrected chi connectivity index (χ0v) is 20.1. The minimum atomic E-state index is -0.0277. The molecule has 174 valence electrons. The zero-order valence-electron chi connectivity index (χ0n) is 20.1. The van der Waals surface area contributed by atoms with Gasteiger partial charge in [-0.15, -0.1) is 0 Å². The number of rotatable bonds is 11. The minimum absolute atomic E-state index is 0.0277. The van der Waals surface area contributed by atoms with Gasteiger partial charge in [-0.3, -0.25) is 9.78 Å². The van der Waals surface area contributed by atoms with Crippen LogP contribution in [0.4, 0.5) is 0 Å².